The lowest BCUT2D eigenvalue weighted by atomic mass is 10.2. The molecule has 1 aromatic heterocycles. The van der Waals surface area contributed by atoms with Crippen LogP contribution >= 0.6 is 11.3 Å². The molecule has 2 atom stereocenters. The SMILES string of the molecule is C[C@@H](N)[C@@H](O)c1nccs1. The molecule has 10 heavy (non-hydrogen) atoms. The van der Waals surface area contributed by atoms with Gasteiger partial charge in [0.2, 0.25) is 0 Å². The van der Waals surface area contributed by atoms with Gasteiger partial charge in [0.15, 0.2) is 0 Å². The van der Waals surface area contributed by atoms with Crippen molar-refractivity contribution in [3.8, 4) is 0 Å². The van der Waals surface area contributed by atoms with Crippen LogP contribution in [0, 0.1) is 0 Å². The van der Waals surface area contributed by atoms with Gasteiger partial charge in [-0.15, -0.1) is 11.3 Å². The van der Waals surface area contributed by atoms with Gasteiger partial charge in [0.05, 0.1) is 0 Å². The van der Waals surface area contributed by atoms with Crippen molar-refractivity contribution in [1.29, 1.82) is 0 Å². The van der Waals surface area contributed by atoms with Crippen LogP contribution in [0.4, 0.5) is 0 Å². The van der Waals surface area contributed by atoms with E-state index in [1.807, 2.05) is 5.38 Å². The van der Waals surface area contributed by atoms with Gasteiger partial charge in [-0.3, -0.25) is 0 Å². The van der Waals surface area contributed by atoms with E-state index in [2.05, 4.69) is 4.98 Å². The third kappa shape index (κ3) is 1.53. The average molecular weight is 158 g/mol. The molecule has 0 radical (unpaired) electrons. The van der Waals surface area contributed by atoms with Crippen molar-refractivity contribution in [1.82, 2.24) is 4.98 Å². The normalized spacial score (nSPS) is 16.7. The maximum absolute atomic E-state index is 9.31. The molecule has 3 nitrogen and oxygen atoms in total. The van der Waals surface area contributed by atoms with Gasteiger partial charge in [0.1, 0.15) is 11.1 Å². The summed E-state index contributed by atoms with van der Waals surface area (Å²) in [6.45, 7) is 1.76. The minimum atomic E-state index is -0.611. The van der Waals surface area contributed by atoms with Crippen LogP contribution in [0.15, 0.2) is 11.6 Å². The highest BCUT2D eigenvalue weighted by Crippen LogP contribution is 2.16. The summed E-state index contributed by atoms with van der Waals surface area (Å²) in [5, 5.41) is 11.8. The molecule has 0 aromatic carbocycles. The summed E-state index contributed by atoms with van der Waals surface area (Å²) in [5.41, 5.74) is 5.44. The molecule has 1 aromatic rings. The van der Waals surface area contributed by atoms with E-state index < -0.39 is 6.10 Å². The van der Waals surface area contributed by atoms with Crippen molar-refractivity contribution in [2.24, 2.45) is 5.73 Å². The summed E-state index contributed by atoms with van der Waals surface area (Å²) in [5.74, 6) is 0. The summed E-state index contributed by atoms with van der Waals surface area (Å²) in [7, 11) is 0. The lowest BCUT2D eigenvalue weighted by Gasteiger charge is -2.09. The monoisotopic (exact) mass is 158 g/mol. The molecule has 0 unspecified atom stereocenters. The number of rotatable bonds is 2. The molecule has 0 amide bonds. The number of aliphatic hydroxyl groups is 1. The maximum Gasteiger partial charge on any atom is 0.123 e. The van der Waals surface area contributed by atoms with Crippen LogP contribution < -0.4 is 5.73 Å². The Hall–Kier alpha value is -0.450. The van der Waals surface area contributed by atoms with E-state index in [1.165, 1.54) is 11.3 Å². The van der Waals surface area contributed by atoms with Gasteiger partial charge >= 0.3 is 0 Å². The van der Waals surface area contributed by atoms with Gasteiger partial charge in [-0.2, -0.15) is 0 Å². The van der Waals surface area contributed by atoms with Gasteiger partial charge < -0.3 is 10.8 Å². The van der Waals surface area contributed by atoms with Crippen LogP contribution in [0.25, 0.3) is 0 Å². The van der Waals surface area contributed by atoms with E-state index in [-0.39, 0.29) is 6.04 Å². The molecule has 0 aliphatic carbocycles. The topological polar surface area (TPSA) is 59.1 Å². The first-order chi connectivity index (χ1) is 4.72. The van der Waals surface area contributed by atoms with Gasteiger partial charge in [-0.05, 0) is 6.92 Å². The second-order valence-corrected chi connectivity index (χ2v) is 3.10. The molecule has 0 saturated heterocycles. The quantitative estimate of drug-likeness (QED) is 0.659. The smallest absolute Gasteiger partial charge is 0.123 e. The summed E-state index contributed by atoms with van der Waals surface area (Å²) < 4.78 is 0. The van der Waals surface area contributed by atoms with Gasteiger partial charge in [0.25, 0.3) is 0 Å². The lowest BCUT2D eigenvalue weighted by molar-refractivity contribution is 0.153. The van der Waals surface area contributed by atoms with E-state index in [1.54, 1.807) is 13.1 Å². The lowest BCUT2D eigenvalue weighted by Crippen LogP contribution is -2.24. The Morgan fingerprint density at radius 1 is 1.80 bits per heavy atom. The zero-order chi connectivity index (χ0) is 7.56. The molecule has 1 heterocycles. The first-order valence-electron chi connectivity index (χ1n) is 3.05. The molecule has 0 saturated carbocycles. The molecular weight excluding hydrogens is 148 g/mol. The fourth-order valence-electron chi connectivity index (χ4n) is 0.605. The number of aromatic nitrogens is 1. The molecule has 0 spiro atoms. The van der Waals surface area contributed by atoms with Crippen molar-refractivity contribution in [3.05, 3.63) is 16.6 Å². The molecule has 56 valence electrons. The summed E-state index contributed by atoms with van der Waals surface area (Å²) >= 11 is 1.42. The van der Waals surface area contributed by atoms with Crippen molar-refractivity contribution >= 4 is 11.3 Å². The van der Waals surface area contributed by atoms with E-state index >= 15 is 0 Å². The third-order valence-electron chi connectivity index (χ3n) is 1.20. The Morgan fingerprint density at radius 3 is 2.90 bits per heavy atom. The minimum absolute atomic E-state index is 0.244. The Labute approximate surface area is 63.5 Å². The molecule has 0 bridgehead atoms. The summed E-state index contributed by atoms with van der Waals surface area (Å²) in [6.07, 6.45) is 1.05. The Morgan fingerprint density at radius 2 is 2.50 bits per heavy atom. The van der Waals surface area contributed by atoms with E-state index in [9.17, 15) is 5.11 Å². The first kappa shape index (κ1) is 7.65. The summed E-state index contributed by atoms with van der Waals surface area (Å²) in [6, 6.07) is -0.244. The van der Waals surface area contributed by atoms with Crippen LogP contribution in [0.3, 0.4) is 0 Å². The first-order valence-corrected chi connectivity index (χ1v) is 3.93. The van der Waals surface area contributed by atoms with Gasteiger partial charge in [-0.25, -0.2) is 4.98 Å². The van der Waals surface area contributed by atoms with E-state index in [4.69, 9.17) is 5.73 Å². The number of thiazole rings is 1. The third-order valence-corrected chi connectivity index (χ3v) is 2.05. The predicted molar refractivity (Wildman–Crippen MR) is 40.7 cm³/mol. The number of nitrogens with two attached hydrogens (primary N) is 1. The van der Waals surface area contributed by atoms with Gasteiger partial charge in [0, 0.05) is 17.6 Å². The highest BCUT2D eigenvalue weighted by Gasteiger charge is 2.13. The zero-order valence-electron chi connectivity index (χ0n) is 5.69. The average Bonchev–Trinajstić information content (AvgIpc) is 2.36. The molecule has 4 heteroatoms. The zero-order valence-corrected chi connectivity index (χ0v) is 6.51. The standard InChI is InChI=1S/C6H10N2OS/c1-4(7)5(9)6-8-2-3-10-6/h2-5,9H,7H2,1H3/t4-,5-/m1/s1. The predicted octanol–water partition coefficient (Wildman–Crippen LogP) is 0.524. The van der Waals surface area contributed by atoms with Crippen molar-refractivity contribution in [2.75, 3.05) is 0 Å². The van der Waals surface area contributed by atoms with Crippen LogP contribution in [-0.4, -0.2) is 16.1 Å². The van der Waals surface area contributed by atoms with Crippen molar-refractivity contribution < 1.29 is 5.11 Å². The molecule has 1 rings (SSSR count). The Balaban J connectivity index is 2.68. The largest absolute Gasteiger partial charge is 0.384 e. The van der Waals surface area contributed by atoms with Gasteiger partial charge in [-0.1, -0.05) is 0 Å². The fraction of sp³-hybridized carbons (Fsp3) is 0.500. The van der Waals surface area contributed by atoms with Crippen molar-refractivity contribution in [3.63, 3.8) is 0 Å². The fourth-order valence-corrected chi connectivity index (χ4v) is 1.34. The molecule has 0 aliphatic heterocycles. The molecular formula is C6H10N2OS. The molecule has 0 fully saturated rings. The Bertz CT molecular complexity index is 186. The van der Waals surface area contributed by atoms with Crippen molar-refractivity contribution in [2.45, 2.75) is 19.1 Å². The van der Waals surface area contributed by atoms with E-state index in [0.29, 0.717) is 5.01 Å². The number of aliphatic hydroxyl groups excluding tert-OH is 1. The molecule has 3 N–H and O–H groups in total. The highest BCUT2D eigenvalue weighted by molar-refractivity contribution is 7.09. The number of hydrogen-bond acceptors (Lipinski definition) is 4. The van der Waals surface area contributed by atoms with Crippen LogP contribution in [-0.2, 0) is 0 Å². The number of hydrogen-bond donors (Lipinski definition) is 2. The van der Waals surface area contributed by atoms with E-state index in [0.717, 1.165) is 0 Å². The number of nitrogens with zero attached hydrogens (tertiary/aromatic N) is 1. The van der Waals surface area contributed by atoms with Crippen LogP contribution in [0.2, 0.25) is 0 Å². The highest BCUT2D eigenvalue weighted by atomic mass is 32.1. The second kappa shape index (κ2) is 3.09. The second-order valence-electron chi connectivity index (χ2n) is 2.17. The Kier molecular flexibility index (Phi) is 2.37. The molecule has 0 aliphatic rings. The van der Waals surface area contributed by atoms with Crippen LogP contribution in [0.5, 0.6) is 0 Å². The summed E-state index contributed by atoms with van der Waals surface area (Å²) in [4.78, 5) is 3.93. The maximum atomic E-state index is 9.31. The minimum Gasteiger partial charge on any atom is -0.384 e. The van der Waals surface area contributed by atoms with Crippen LogP contribution in [0.1, 0.15) is 18.0 Å².